The van der Waals surface area contributed by atoms with Gasteiger partial charge in [-0.2, -0.15) is 0 Å². The lowest BCUT2D eigenvalue weighted by Gasteiger charge is -2.08. The van der Waals surface area contributed by atoms with Crippen LogP contribution in [0.15, 0.2) is 24.3 Å². The number of benzene rings is 1. The Morgan fingerprint density at radius 2 is 2.17 bits per heavy atom. The molecule has 1 unspecified atom stereocenters. The number of hydrogen-bond acceptors (Lipinski definition) is 2. The van der Waals surface area contributed by atoms with E-state index < -0.39 is 0 Å². The molecule has 1 aliphatic rings. The van der Waals surface area contributed by atoms with Gasteiger partial charge < -0.3 is 10.1 Å². The summed E-state index contributed by atoms with van der Waals surface area (Å²) in [5.41, 5.74) is 1.98. The van der Waals surface area contributed by atoms with Gasteiger partial charge in [0.2, 0.25) is 0 Å². The molecule has 0 aromatic heterocycles. The van der Waals surface area contributed by atoms with Crippen LogP contribution < -0.4 is 5.32 Å². The van der Waals surface area contributed by atoms with Crippen molar-refractivity contribution in [3.63, 3.8) is 0 Å². The van der Waals surface area contributed by atoms with Crippen molar-refractivity contribution in [2.45, 2.75) is 6.23 Å². The predicted molar refractivity (Wildman–Crippen MR) is 46.2 cm³/mol. The van der Waals surface area contributed by atoms with Gasteiger partial charge in [-0.05, 0) is 0 Å². The number of rotatable bonds is 1. The monoisotopic (exact) mass is 162 g/mol. The van der Waals surface area contributed by atoms with Crippen molar-refractivity contribution in [3.05, 3.63) is 35.4 Å². The predicted octanol–water partition coefficient (Wildman–Crippen LogP) is 1.26. The molecule has 1 atom stereocenters. The molecule has 0 saturated carbocycles. The summed E-state index contributed by atoms with van der Waals surface area (Å²) in [7, 11) is 1.63. The Bertz CT molecular complexity index is 322. The topological polar surface area (TPSA) is 45.1 Å². The van der Waals surface area contributed by atoms with Crippen LogP contribution in [0.1, 0.15) is 17.4 Å². The maximum atomic E-state index is 7.57. The Kier molecular flexibility index (Phi) is 1.59. The molecule has 2 rings (SSSR count). The molecular formula is C9H10N2O. The van der Waals surface area contributed by atoms with Crippen LogP contribution in [-0.2, 0) is 4.74 Å². The largest absolute Gasteiger partial charge is 0.357 e. The van der Waals surface area contributed by atoms with E-state index in [2.05, 4.69) is 5.32 Å². The highest BCUT2D eigenvalue weighted by Crippen LogP contribution is 2.24. The average molecular weight is 162 g/mol. The number of nitrogens with one attached hydrogen (secondary N) is 2. The third kappa shape index (κ3) is 0.905. The van der Waals surface area contributed by atoms with Crippen LogP contribution in [0.5, 0.6) is 0 Å². The van der Waals surface area contributed by atoms with Crippen LogP contribution in [0.3, 0.4) is 0 Å². The number of amidine groups is 1. The highest BCUT2D eigenvalue weighted by atomic mass is 16.5. The summed E-state index contributed by atoms with van der Waals surface area (Å²) in [6.45, 7) is 0. The van der Waals surface area contributed by atoms with Crippen LogP contribution in [0.4, 0.5) is 0 Å². The lowest BCUT2D eigenvalue weighted by Crippen LogP contribution is -2.19. The van der Waals surface area contributed by atoms with Crippen LogP contribution in [-0.4, -0.2) is 12.9 Å². The Balaban J connectivity index is 2.50. The molecule has 0 bridgehead atoms. The first-order chi connectivity index (χ1) is 5.83. The molecule has 1 heterocycles. The normalized spacial score (nSPS) is 20.4. The summed E-state index contributed by atoms with van der Waals surface area (Å²) in [6, 6.07) is 7.76. The van der Waals surface area contributed by atoms with Crippen molar-refractivity contribution in [2.75, 3.05) is 7.11 Å². The molecule has 0 fully saturated rings. The second kappa shape index (κ2) is 2.60. The standard InChI is InChI=1S/C9H10N2O/c1-12-9-7-5-3-2-4-6(7)8(10)11-9/h2-5,9H,1H3,(H2,10,11). The zero-order valence-corrected chi connectivity index (χ0v) is 6.79. The van der Waals surface area contributed by atoms with Crippen LogP contribution >= 0.6 is 0 Å². The number of hydrogen-bond donors (Lipinski definition) is 2. The van der Waals surface area contributed by atoms with E-state index in [1.165, 1.54) is 0 Å². The van der Waals surface area contributed by atoms with Crippen molar-refractivity contribution in [2.24, 2.45) is 0 Å². The minimum Gasteiger partial charge on any atom is -0.357 e. The first-order valence-electron chi connectivity index (χ1n) is 3.80. The molecule has 0 amide bonds. The third-order valence-electron chi connectivity index (χ3n) is 2.02. The van der Waals surface area contributed by atoms with Crippen molar-refractivity contribution >= 4 is 5.84 Å². The fourth-order valence-electron chi connectivity index (χ4n) is 1.43. The molecular weight excluding hydrogens is 152 g/mol. The van der Waals surface area contributed by atoms with Crippen molar-refractivity contribution in [3.8, 4) is 0 Å². The highest BCUT2D eigenvalue weighted by molar-refractivity contribution is 6.00. The van der Waals surface area contributed by atoms with E-state index in [4.69, 9.17) is 10.1 Å². The summed E-state index contributed by atoms with van der Waals surface area (Å²) in [6.07, 6.45) is -0.145. The second-order valence-corrected chi connectivity index (χ2v) is 2.72. The molecule has 0 aliphatic carbocycles. The van der Waals surface area contributed by atoms with Gasteiger partial charge in [-0.1, -0.05) is 24.3 Å². The van der Waals surface area contributed by atoms with E-state index in [1.54, 1.807) is 7.11 Å². The van der Waals surface area contributed by atoms with Gasteiger partial charge in [-0.3, -0.25) is 5.41 Å². The molecule has 1 aliphatic heterocycles. The summed E-state index contributed by atoms with van der Waals surface area (Å²) < 4.78 is 5.16. The Morgan fingerprint density at radius 3 is 2.92 bits per heavy atom. The minimum atomic E-state index is -0.145. The second-order valence-electron chi connectivity index (χ2n) is 2.72. The lowest BCUT2D eigenvalue weighted by atomic mass is 10.1. The molecule has 3 nitrogen and oxygen atoms in total. The van der Waals surface area contributed by atoms with Crippen LogP contribution in [0, 0.1) is 5.41 Å². The quantitative estimate of drug-likeness (QED) is 0.653. The molecule has 2 N–H and O–H groups in total. The minimum absolute atomic E-state index is 0.145. The zero-order chi connectivity index (χ0) is 8.55. The SMILES string of the molecule is COC1NC(=N)c2ccccc21. The molecule has 0 spiro atoms. The van der Waals surface area contributed by atoms with E-state index in [0.717, 1.165) is 11.1 Å². The Hall–Kier alpha value is -1.35. The average Bonchev–Trinajstić information content (AvgIpc) is 2.44. The molecule has 1 aromatic rings. The number of fused-ring (bicyclic) bond motifs is 1. The van der Waals surface area contributed by atoms with Gasteiger partial charge in [0.1, 0.15) is 5.84 Å². The lowest BCUT2D eigenvalue weighted by molar-refractivity contribution is 0.0958. The van der Waals surface area contributed by atoms with E-state index in [-0.39, 0.29) is 6.23 Å². The maximum absolute atomic E-state index is 7.57. The number of ether oxygens (including phenoxy) is 1. The van der Waals surface area contributed by atoms with Gasteiger partial charge in [-0.15, -0.1) is 0 Å². The molecule has 12 heavy (non-hydrogen) atoms. The van der Waals surface area contributed by atoms with Gasteiger partial charge in [0.05, 0.1) is 0 Å². The van der Waals surface area contributed by atoms with Crippen LogP contribution in [0.25, 0.3) is 0 Å². The first kappa shape index (κ1) is 7.31. The molecule has 0 saturated heterocycles. The molecule has 1 aromatic carbocycles. The Labute approximate surface area is 70.9 Å². The summed E-state index contributed by atoms with van der Waals surface area (Å²) in [5.74, 6) is 0.442. The van der Waals surface area contributed by atoms with E-state index in [0.29, 0.717) is 5.84 Å². The summed E-state index contributed by atoms with van der Waals surface area (Å²) in [5, 5.41) is 10.5. The molecule has 62 valence electrons. The molecule has 0 radical (unpaired) electrons. The fourth-order valence-corrected chi connectivity index (χ4v) is 1.43. The zero-order valence-electron chi connectivity index (χ0n) is 6.79. The fraction of sp³-hybridized carbons (Fsp3) is 0.222. The summed E-state index contributed by atoms with van der Waals surface area (Å²) in [4.78, 5) is 0. The van der Waals surface area contributed by atoms with E-state index in [9.17, 15) is 0 Å². The first-order valence-corrected chi connectivity index (χ1v) is 3.80. The van der Waals surface area contributed by atoms with Gasteiger partial charge >= 0.3 is 0 Å². The van der Waals surface area contributed by atoms with Crippen molar-refractivity contribution in [1.29, 1.82) is 5.41 Å². The van der Waals surface area contributed by atoms with Gasteiger partial charge in [0.15, 0.2) is 6.23 Å². The van der Waals surface area contributed by atoms with E-state index in [1.807, 2.05) is 24.3 Å². The highest BCUT2D eigenvalue weighted by Gasteiger charge is 2.24. The van der Waals surface area contributed by atoms with Crippen molar-refractivity contribution in [1.82, 2.24) is 5.32 Å². The van der Waals surface area contributed by atoms with Crippen LogP contribution in [0.2, 0.25) is 0 Å². The maximum Gasteiger partial charge on any atom is 0.155 e. The van der Waals surface area contributed by atoms with Gasteiger partial charge in [0.25, 0.3) is 0 Å². The van der Waals surface area contributed by atoms with Gasteiger partial charge in [0, 0.05) is 18.2 Å². The van der Waals surface area contributed by atoms with Gasteiger partial charge in [-0.25, -0.2) is 0 Å². The number of methoxy groups -OCH3 is 1. The summed E-state index contributed by atoms with van der Waals surface area (Å²) >= 11 is 0. The Morgan fingerprint density at radius 1 is 1.42 bits per heavy atom. The van der Waals surface area contributed by atoms with Crippen molar-refractivity contribution < 1.29 is 4.74 Å². The molecule has 3 heteroatoms. The smallest absolute Gasteiger partial charge is 0.155 e. The third-order valence-corrected chi connectivity index (χ3v) is 2.02. The van der Waals surface area contributed by atoms with E-state index >= 15 is 0 Å².